The zero-order valence-electron chi connectivity index (χ0n) is 8.94. The fourth-order valence-electron chi connectivity index (χ4n) is 1.92. The molecule has 2 aromatic rings. The number of rotatable bonds is 2. The minimum Gasteiger partial charge on any atom is -0.373 e. The Morgan fingerprint density at radius 1 is 1.31 bits per heavy atom. The molecule has 0 radical (unpaired) electrons. The van der Waals surface area contributed by atoms with Crippen LogP contribution in [0.2, 0.25) is 0 Å². The third-order valence-corrected chi connectivity index (χ3v) is 2.75. The second-order valence-corrected chi connectivity index (χ2v) is 3.91. The van der Waals surface area contributed by atoms with E-state index >= 15 is 0 Å². The van der Waals surface area contributed by atoms with E-state index in [9.17, 15) is 0 Å². The molecule has 0 amide bonds. The SMILES string of the molecule is c1ccc2c(CC3=NCCCN3)noc2c1. The van der Waals surface area contributed by atoms with Crippen molar-refractivity contribution in [3.8, 4) is 0 Å². The van der Waals surface area contributed by atoms with E-state index in [1.165, 1.54) is 0 Å². The van der Waals surface area contributed by atoms with Crippen molar-refractivity contribution in [1.29, 1.82) is 0 Å². The summed E-state index contributed by atoms with van der Waals surface area (Å²) in [7, 11) is 0. The molecule has 0 fully saturated rings. The minimum absolute atomic E-state index is 0.733. The first kappa shape index (κ1) is 9.39. The second-order valence-electron chi connectivity index (χ2n) is 3.91. The summed E-state index contributed by atoms with van der Waals surface area (Å²) < 4.78 is 5.26. The second kappa shape index (κ2) is 3.96. The van der Waals surface area contributed by atoms with E-state index in [-0.39, 0.29) is 0 Å². The number of benzene rings is 1. The molecule has 82 valence electrons. The van der Waals surface area contributed by atoms with Gasteiger partial charge in [-0.3, -0.25) is 4.99 Å². The highest BCUT2D eigenvalue weighted by molar-refractivity contribution is 5.89. The molecule has 1 aromatic heterocycles. The van der Waals surface area contributed by atoms with Crippen LogP contribution in [0, 0.1) is 0 Å². The Morgan fingerprint density at radius 2 is 2.25 bits per heavy atom. The van der Waals surface area contributed by atoms with E-state index in [0.29, 0.717) is 0 Å². The van der Waals surface area contributed by atoms with Gasteiger partial charge in [0, 0.05) is 18.5 Å². The fourth-order valence-corrected chi connectivity index (χ4v) is 1.92. The van der Waals surface area contributed by atoms with E-state index in [2.05, 4.69) is 15.5 Å². The van der Waals surface area contributed by atoms with Gasteiger partial charge in [0.1, 0.15) is 5.84 Å². The van der Waals surface area contributed by atoms with Crippen LogP contribution in [0.1, 0.15) is 12.1 Å². The Bertz CT molecular complexity index is 530. The Morgan fingerprint density at radius 3 is 3.12 bits per heavy atom. The van der Waals surface area contributed by atoms with Gasteiger partial charge in [-0.05, 0) is 18.6 Å². The van der Waals surface area contributed by atoms with Crippen molar-refractivity contribution in [2.24, 2.45) is 4.99 Å². The Hall–Kier alpha value is -1.84. The van der Waals surface area contributed by atoms with Crippen LogP contribution < -0.4 is 5.32 Å². The number of amidine groups is 1. The minimum atomic E-state index is 0.733. The molecular weight excluding hydrogens is 202 g/mol. The summed E-state index contributed by atoms with van der Waals surface area (Å²) in [6.45, 7) is 1.92. The van der Waals surface area contributed by atoms with Gasteiger partial charge in [-0.2, -0.15) is 0 Å². The van der Waals surface area contributed by atoms with Gasteiger partial charge in [0.15, 0.2) is 5.58 Å². The average molecular weight is 215 g/mol. The first-order valence-corrected chi connectivity index (χ1v) is 5.54. The monoisotopic (exact) mass is 215 g/mol. The fraction of sp³-hybridized carbons (Fsp3) is 0.333. The lowest BCUT2D eigenvalue weighted by molar-refractivity contribution is 0.448. The van der Waals surface area contributed by atoms with Crippen molar-refractivity contribution in [2.75, 3.05) is 13.1 Å². The summed E-state index contributed by atoms with van der Waals surface area (Å²) in [5, 5.41) is 8.47. The van der Waals surface area contributed by atoms with Crippen molar-refractivity contribution >= 4 is 16.8 Å². The average Bonchev–Trinajstić information content (AvgIpc) is 2.74. The lowest BCUT2D eigenvalue weighted by Crippen LogP contribution is -2.31. The third-order valence-electron chi connectivity index (χ3n) is 2.75. The summed E-state index contributed by atoms with van der Waals surface area (Å²) >= 11 is 0. The molecule has 0 bridgehead atoms. The number of nitrogens with one attached hydrogen (secondary N) is 1. The van der Waals surface area contributed by atoms with Crippen LogP contribution in [-0.2, 0) is 6.42 Å². The molecule has 1 aliphatic heterocycles. The number of para-hydroxylation sites is 1. The molecule has 0 aliphatic carbocycles. The van der Waals surface area contributed by atoms with Crippen molar-refractivity contribution in [3.05, 3.63) is 30.0 Å². The maximum atomic E-state index is 5.26. The standard InChI is InChI=1S/C12H13N3O/c1-2-5-11-9(4-1)10(15-16-11)8-12-13-6-3-7-14-12/h1-2,4-5H,3,6-8H2,(H,13,14). The molecule has 2 heterocycles. The number of aromatic nitrogens is 1. The molecule has 4 nitrogen and oxygen atoms in total. The highest BCUT2D eigenvalue weighted by Crippen LogP contribution is 2.18. The van der Waals surface area contributed by atoms with Crippen LogP contribution in [0.4, 0.5) is 0 Å². The van der Waals surface area contributed by atoms with Gasteiger partial charge < -0.3 is 9.84 Å². The van der Waals surface area contributed by atoms with Crippen LogP contribution in [-0.4, -0.2) is 24.1 Å². The van der Waals surface area contributed by atoms with Crippen molar-refractivity contribution in [1.82, 2.24) is 10.5 Å². The van der Waals surface area contributed by atoms with E-state index in [1.807, 2.05) is 24.3 Å². The normalized spacial score (nSPS) is 15.9. The molecule has 1 aliphatic rings. The summed E-state index contributed by atoms with van der Waals surface area (Å²) in [6, 6.07) is 7.92. The number of hydrogen-bond donors (Lipinski definition) is 1. The van der Waals surface area contributed by atoms with E-state index in [4.69, 9.17) is 4.52 Å². The Balaban J connectivity index is 1.91. The first-order valence-electron chi connectivity index (χ1n) is 5.54. The summed E-state index contributed by atoms with van der Waals surface area (Å²) in [5.41, 5.74) is 1.80. The number of nitrogens with zero attached hydrogens (tertiary/aromatic N) is 2. The van der Waals surface area contributed by atoms with Gasteiger partial charge in [0.25, 0.3) is 0 Å². The molecule has 0 saturated carbocycles. The Labute approximate surface area is 93.3 Å². The predicted octanol–water partition coefficient (Wildman–Crippen LogP) is 1.76. The number of hydrogen-bond acceptors (Lipinski definition) is 4. The zero-order valence-corrected chi connectivity index (χ0v) is 8.94. The van der Waals surface area contributed by atoms with Gasteiger partial charge >= 0.3 is 0 Å². The molecule has 0 spiro atoms. The molecule has 4 heteroatoms. The molecule has 0 unspecified atom stereocenters. The summed E-state index contributed by atoms with van der Waals surface area (Å²) in [6.07, 6.45) is 1.85. The highest BCUT2D eigenvalue weighted by atomic mass is 16.5. The number of aliphatic imine (C=N–C) groups is 1. The van der Waals surface area contributed by atoms with Crippen LogP contribution in [0.3, 0.4) is 0 Å². The van der Waals surface area contributed by atoms with Crippen molar-refractivity contribution in [3.63, 3.8) is 0 Å². The van der Waals surface area contributed by atoms with Crippen LogP contribution >= 0.6 is 0 Å². The van der Waals surface area contributed by atoms with Crippen LogP contribution in [0.5, 0.6) is 0 Å². The van der Waals surface area contributed by atoms with Gasteiger partial charge in [0.05, 0.1) is 12.1 Å². The van der Waals surface area contributed by atoms with Crippen LogP contribution in [0.25, 0.3) is 11.0 Å². The quantitative estimate of drug-likeness (QED) is 0.830. The lowest BCUT2D eigenvalue weighted by atomic mass is 10.1. The maximum absolute atomic E-state index is 5.26. The van der Waals surface area contributed by atoms with E-state index in [0.717, 1.165) is 48.4 Å². The molecule has 1 N–H and O–H groups in total. The van der Waals surface area contributed by atoms with Crippen molar-refractivity contribution in [2.45, 2.75) is 12.8 Å². The topological polar surface area (TPSA) is 50.4 Å². The molecule has 16 heavy (non-hydrogen) atoms. The van der Waals surface area contributed by atoms with Crippen molar-refractivity contribution < 1.29 is 4.52 Å². The number of fused-ring (bicyclic) bond motifs is 1. The summed E-state index contributed by atoms with van der Waals surface area (Å²) in [4.78, 5) is 4.44. The van der Waals surface area contributed by atoms with E-state index < -0.39 is 0 Å². The largest absolute Gasteiger partial charge is 0.373 e. The van der Waals surface area contributed by atoms with Gasteiger partial charge in [-0.1, -0.05) is 17.3 Å². The third kappa shape index (κ3) is 1.66. The molecule has 0 atom stereocenters. The van der Waals surface area contributed by atoms with Gasteiger partial charge in [-0.15, -0.1) is 0 Å². The highest BCUT2D eigenvalue weighted by Gasteiger charge is 2.11. The zero-order chi connectivity index (χ0) is 10.8. The molecule has 1 aromatic carbocycles. The molecule has 0 saturated heterocycles. The van der Waals surface area contributed by atoms with Crippen LogP contribution in [0.15, 0.2) is 33.8 Å². The maximum Gasteiger partial charge on any atom is 0.167 e. The summed E-state index contributed by atoms with van der Waals surface area (Å²) in [5.74, 6) is 1.02. The Kier molecular flexibility index (Phi) is 2.33. The predicted molar refractivity (Wildman–Crippen MR) is 62.6 cm³/mol. The lowest BCUT2D eigenvalue weighted by Gasteiger charge is -2.13. The van der Waals surface area contributed by atoms with Gasteiger partial charge in [0.2, 0.25) is 0 Å². The van der Waals surface area contributed by atoms with E-state index in [1.54, 1.807) is 0 Å². The first-order chi connectivity index (χ1) is 7.93. The molecule has 3 rings (SSSR count). The van der Waals surface area contributed by atoms with Gasteiger partial charge in [-0.25, -0.2) is 0 Å². The smallest absolute Gasteiger partial charge is 0.167 e. The molecular formula is C12H13N3O.